The minimum atomic E-state index is -0.526. The third-order valence-electron chi connectivity index (χ3n) is 2.38. The Labute approximate surface area is 110 Å². The Morgan fingerprint density at radius 3 is 2.89 bits per heavy atom. The molecule has 0 aromatic carbocycles. The molecule has 0 radical (unpaired) electrons. The molecule has 7 heteroatoms. The van der Waals surface area contributed by atoms with Gasteiger partial charge in [-0.15, -0.1) is 0 Å². The van der Waals surface area contributed by atoms with Gasteiger partial charge in [0.1, 0.15) is 12.0 Å². The molecule has 0 saturated heterocycles. The molecule has 0 aliphatic heterocycles. The summed E-state index contributed by atoms with van der Waals surface area (Å²) in [4.78, 5) is 14.0. The van der Waals surface area contributed by atoms with E-state index in [1.165, 1.54) is 12.3 Å². The Balaban J connectivity index is 2.79. The average Bonchev–Trinajstić information content (AvgIpc) is 2.32. The second-order valence-electron chi connectivity index (χ2n) is 3.87. The van der Waals surface area contributed by atoms with Gasteiger partial charge in [-0.3, -0.25) is 10.1 Å². The van der Waals surface area contributed by atoms with Crippen molar-refractivity contribution in [1.82, 2.24) is 4.98 Å². The summed E-state index contributed by atoms with van der Waals surface area (Å²) in [5.74, 6) is 0.442. The Hall–Kier alpha value is -1.40. The van der Waals surface area contributed by atoms with Crippen molar-refractivity contribution in [2.45, 2.75) is 25.8 Å². The predicted molar refractivity (Wildman–Crippen MR) is 70.1 cm³/mol. The largest absolute Gasteiger partial charge is 0.383 e. The van der Waals surface area contributed by atoms with E-state index in [0.29, 0.717) is 12.4 Å². The van der Waals surface area contributed by atoms with Crippen LogP contribution in [0.1, 0.15) is 19.8 Å². The van der Waals surface area contributed by atoms with Gasteiger partial charge < -0.3 is 10.1 Å². The van der Waals surface area contributed by atoms with Crippen molar-refractivity contribution in [3.8, 4) is 0 Å². The number of hydrogen-bond donors (Lipinski definition) is 1. The van der Waals surface area contributed by atoms with E-state index in [-0.39, 0.29) is 16.8 Å². The molecular weight excluding hydrogens is 258 g/mol. The summed E-state index contributed by atoms with van der Waals surface area (Å²) in [5, 5.41) is 13.9. The quantitative estimate of drug-likeness (QED) is 0.610. The molecular formula is C11H16ClN3O3. The fraction of sp³-hybridized carbons (Fsp3) is 0.545. The van der Waals surface area contributed by atoms with E-state index in [9.17, 15) is 10.1 Å². The van der Waals surface area contributed by atoms with Crippen molar-refractivity contribution in [1.29, 1.82) is 0 Å². The van der Waals surface area contributed by atoms with E-state index in [0.717, 1.165) is 12.8 Å². The number of nitrogens with one attached hydrogen (secondary N) is 1. The number of anilines is 1. The molecule has 0 saturated carbocycles. The van der Waals surface area contributed by atoms with Crippen molar-refractivity contribution in [2.75, 3.05) is 19.0 Å². The number of nitro groups is 1. The summed E-state index contributed by atoms with van der Waals surface area (Å²) >= 11 is 5.95. The zero-order chi connectivity index (χ0) is 13.5. The highest BCUT2D eigenvalue weighted by Gasteiger charge is 2.14. The molecule has 6 nitrogen and oxygen atoms in total. The van der Waals surface area contributed by atoms with Crippen LogP contribution in [0.5, 0.6) is 0 Å². The molecule has 1 aromatic rings. The first-order chi connectivity index (χ1) is 8.58. The van der Waals surface area contributed by atoms with E-state index in [1.807, 2.05) is 0 Å². The van der Waals surface area contributed by atoms with Gasteiger partial charge in [-0.1, -0.05) is 24.9 Å². The number of ether oxygens (including phenoxy) is 1. The molecule has 1 rings (SSSR count). The summed E-state index contributed by atoms with van der Waals surface area (Å²) in [5.41, 5.74) is -0.121. The van der Waals surface area contributed by atoms with Crippen LogP contribution >= 0.6 is 11.6 Å². The highest BCUT2D eigenvalue weighted by Crippen LogP contribution is 2.24. The van der Waals surface area contributed by atoms with Crippen LogP contribution in [0.15, 0.2) is 12.3 Å². The highest BCUT2D eigenvalue weighted by atomic mass is 35.5. The van der Waals surface area contributed by atoms with Crippen molar-refractivity contribution in [3.63, 3.8) is 0 Å². The van der Waals surface area contributed by atoms with Crippen molar-refractivity contribution in [3.05, 3.63) is 27.4 Å². The average molecular weight is 274 g/mol. The standard InChI is InChI=1S/C11H16ClN3O3/c1-3-4-8(7-18-2)14-11-10(12)5-9(6-13-11)15(16)17/h5-6,8H,3-4,7H2,1-2H3,(H,13,14). The van der Waals surface area contributed by atoms with Crippen LogP contribution < -0.4 is 5.32 Å². The fourth-order valence-electron chi connectivity index (χ4n) is 1.57. The van der Waals surface area contributed by atoms with Gasteiger partial charge in [-0.25, -0.2) is 4.98 Å². The second kappa shape index (κ2) is 7.13. The first-order valence-electron chi connectivity index (χ1n) is 5.63. The van der Waals surface area contributed by atoms with Crippen LogP contribution in [0.4, 0.5) is 11.5 Å². The van der Waals surface area contributed by atoms with Crippen molar-refractivity contribution >= 4 is 23.1 Å². The van der Waals surface area contributed by atoms with Gasteiger partial charge in [0.2, 0.25) is 0 Å². The first kappa shape index (κ1) is 14.7. The van der Waals surface area contributed by atoms with Gasteiger partial charge in [0.25, 0.3) is 5.69 Å². The minimum absolute atomic E-state index is 0.0893. The van der Waals surface area contributed by atoms with Gasteiger partial charge in [-0.05, 0) is 6.42 Å². The van der Waals surface area contributed by atoms with Crippen molar-refractivity contribution < 1.29 is 9.66 Å². The maximum atomic E-state index is 10.6. The fourth-order valence-corrected chi connectivity index (χ4v) is 1.79. The van der Waals surface area contributed by atoms with E-state index < -0.39 is 4.92 Å². The number of rotatable bonds is 7. The number of hydrogen-bond acceptors (Lipinski definition) is 5. The SMILES string of the molecule is CCCC(COC)Nc1ncc([N+](=O)[O-])cc1Cl. The van der Waals surface area contributed by atoms with Gasteiger partial charge in [0.05, 0.1) is 22.6 Å². The van der Waals surface area contributed by atoms with E-state index >= 15 is 0 Å². The van der Waals surface area contributed by atoms with Crippen LogP contribution in [0, 0.1) is 10.1 Å². The minimum Gasteiger partial charge on any atom is -0.383 e. The highest BCUT2D eigenvalue weighted by molar-refractivity contribution is 6.33. The van der Waals surface area contributed by atoms with Gasteiger partial charge in [0.15, 0.2) is 0 Å². The molecule has 18 heavy (non-hydrogen) atoms. The molecule has 1 N–H and O–H groups in total. The third kappa shape index (κ3) is 4.12. The predicted octanol–water partition coefficient (Wildman–Crippen LogP) is 2.87. The number of methoxy groups -OCH3 is 1. The molecule has 1 atom stereocenters. The molecule has 0 aliphatic rings. The molecule has 100 valence electrons. The first-order valence-corrected chi connectivity index (χ1v) is 6.01. The van der Waals surface area contributed by atoms with Crippen LogP contribution in [-0.4, -0.2) is 29.7 Å². The van der Waals surface area contributed by atoms with Crippen molar-refractivity contribution in [2.24, 2.45) is 0 Å². The molecule has 0 bridgehead atoms. The van der Waals surface area contributed by atoms with E-state index in [1.54, 1.807) is 7.11 Å². The Kier molecular flexibility index (Phi) is 5.80. The maximum Gasteiger partial charge on any atom is 0.289 e. The lowest BCUT2D eigenvalue weighted by Crippen LogP contribution is -2.25. The van der Waals surface area contributed by atoms with Gasteiger partial charge in [0, 0.05) is 13.2 Å². The van der Waals surface area contributed by atoms with E-state index in [4.69, 9.17) is 16.3 Å². The Morgan fingerprint density at radius 1 is 1.67 bits per heavy atom. The topological polar surface area (TPSA) is 77.3 Å². The molecule has 1 heterocycles. The molecule has 1 unspecified atom stereocenters. The smallest absolute Gasteiger partial charge is 0.289 e. The summed E-state index contributed by atoms with van der Waals surface area (Å²) in [6.45, 7) is 2.60. The van der Waals surface area contributed by atoms with E-state index in [2.05, 4.69) is 17.2 Å². The summed E-state index contributed by atoms with van der Waals surface area (Å²) < 4.78 is 5.09. The lowest BCUT2D eigenvalue weighted by Gasteiger charge is -2.18. The number of aromatic nitrogens is 1. The number of pyridine rings is 1. The number of halogens is 1. The van der Waals surface area contributed by atoms with Crippen LogP contribution in [0.25, 0.3) is 0 Å². The van der Waals surface area contributed by atoms with Crippen LogP contribution in [0.3, 0.4) is 0 Å². The maximum absolute atomic E-state index is 10.6. The monoisotopic (exact) mass is 273 g/mol. The third-order valence-corrected chi connectivity index (χ3v) is 2.67. The van der Waals surface area contributed by atoms with Gasteiger partial charge >= 0.3 is 0 Å². The Morgan fingerprint density at radius 2 is 2.39 bits per heavy atom. The zero-order valence-corrected chi connectivity index (χ0v) is 11.1. The van der Waals surface area contributed by atoms with Crippen LogP contribution in [-0.2, 0) is 4.74 Å². The zero-order valence-electron chi connectivity index (χ0n) is 10.4. The number of nitrogens with zero attached hydrogens (tertiary/aromatic N) is 2. The molecule has 0 aliphatic carbocycles. The molecule has 0 spiro atoms. The molecule has 1 aromatic heterocycles. The summed E-state index contributed by atoms with van der Waals surface area (Å²) in [6, 6.07) is 1.37. The van der Waals surface area contributed by atoms with Gasteiger partial charge in [-0.2, -0.15) is 0 Å². The molecule has 0 amide bonds. The lowest BCUT2D eigenvalue weighted by atomic mass is 10.2. The summed E-state index contributed by atoms with van der Waals surface area (Å²) in [6.07, 6.45) is 3.08. The normalized spacial score (nSPS) is 12.2. The summed E-state index contributed by atoms with van der Waals surface area (Å²) in [7, 11) is 1.62. The lowest BCUT2D eigenvalue weighted by molar-refractivity contribution is -0.385. The van der Waals surface area contributed by atoms with Crippen LogP contribution in [0.2, 0.25) is 5.02 Å². The molecule has 0 fully saturated rings. The second-order valence-corrected chi connectivity index (χ2v) is 4.27. The Bertz CT molecular complexity index is 409.